The van der Waals surface area contributed by atoms with E-state index in [1.807, 2.05) is 56.2 Å². The number of aryl methyl sites for hydroxylation is 3. The molecule has 0 bridgehead atoms. The molecule has 0 unspecified atom stereocenters. The van der Waals surface area contributed by atoms with Crippen LogP contribution in [0.1, 0.15) is 38.6 Å². The van der Waals surface area contributed by atoms with Crippen LogP contribution in [0, 0.1) is 20.8 Å². The average molecular weight is 432 g/mol. The first-order valence-electron chi connectivity index (χ1n) is 10.5. The molecule has 0 aliphatic carbocycles. The summed E-state index contributed by atoms with van der Waals surface area (Å²) >= 11 is 1.71. The van der Waals surface area contributed by atoms with Crippen LogP contribution in [0.15, 0.2) is 48.7 Å². The highest BCUT2D eigenvalue weighted by molar-refractivity contribution is 7.18. The monoisotopic (exact) mass is 431 g/mol. The molecule has 4 aromatic rings. The van der Waals surface area contributed by atoms with Gasteiger partial charge in [-0.1, -0.05) is 17.7 Å². The van der Waals surface area contributed by atoms with Crippen LogP contribution < -0.4 is 0 Å². The van der Waals surface area contributed by atoms with E-state index in [0.717, 1.165) is 47.0 Å². The van der Waals surface area contributed by atoms with Gasteiger partial charge in [-0.05, 0) is 63.1 Å². The number of carbonyl (C=O) groups excluding carboxylic acids is 1. The van der Waals surface area contributed by atoms with E-state index in [0.29, 0.717) is 12.1 Å². The second-order valence-corrected chi connectivity index (χ2v) is 9.36. The molecule has 2 aromatic heterocycles. The Labute approximate surface area is 185 Å². The number of fused-ring (bicyclic) bond motifs is 1. The van der Waals surface area contributed by atoms with Gasteiger partial charge in [-0.3, -0.25) is 9.80 Å². The third-order valence-electron chi connectivity index (χ3n) is 5.64. The molecule has 0 saturated carbocycles. The predicted octanol–water partition coefficient (Wildman–Crippen LogP) is 4.67. The van der Waals surface area contributed by atoms with Crippen molar-refractivity contribution in [3.05, 3.63) is 76.1 Å². The van der Waals surface area contributed by atoms with Crippen molar-refractivity contribution in [3.63, 3.8) is 0 Å². The van der Waals surface area contributed by atoms with Crippen LogP contribution in [0.5, 0.6) is 0 Å². The molecular formula is C24H25N5OS. The molecule has 7 heteroatoms. The second-order valence-electron chi connectivity index (χ2n) is 8.13. The molecule has 0 N–H and O–H groups in total. The summed E-state index contributed by atoms with van der Waals surface area (Å²) in [5.74, 6) is 0.0269. The Balaban J connectivity index is 1.44. The summed E-state index contributed by atoms with van der Waals surface area (Å²) in [4.78, 5) is 18.2. The lowest BCUT2D eigenvalue weighted by Gasteiger charge is -2.29. The Morgan fingerprint density at radius 2 is 1.94 bits per heavy atom. The van der Waals surface area contributed by atoms with Gasteiger partial charge in [0.1, 0.15) is 0 Å². The van der Waals surface area contributed by atoms with Crippen LogP contribution in [-0.4, -0.2) is 43.8 Å². The smallest absolute Gasteiger partial charge is 0.270 e. The fourth-order valence-electron chi connectivity index (χ4n) is 4.16. The number of hydrazine groups is 1. The van der Waals surface area contributed by atoms with Gasteiger partial charge in [0.15, 0.2) is 0 Å². The van der Waals surface area contributed by atoms with E-state index in [2.05, 4.69) is 33.3 Å². The zero-order chi connectivity index (χ0) is 21.5. The molecule has 2 aromatic carbocycles. The molecule has 0 radical (unpaired) electrons. The van der Waals surface area contributed by atoms with Crippen molar-refractivity contribution >= 4 is 27.5 Å². The third kappa shape index (κ3) is 3.86. The Hall–Kier alpha value is -3.03. The minimum atomic E-state index is 0.0269. The lowest BCUT2D eigenvalue weighted by Crippen LogP contribution is -2.41. The minimum Gasteiger partial charge on any atom is -0.271 e. The Bertz CT molecular complexity index is 1270. The zero-order valence-electron chi connectivity index (χ0n) is 18.0. The second kappa shape index (κ2) is 7.90. The van der Waals surface area contributed by atoms with Crippen LogP contribution in [-0.2, 0) is 6.54 Å². The van der Waals surface area contributed by atoms with E-state index >= 15 is 0 Å². The highest BCUT2D eigenvalue weighted by atomic mass is 32.1. The zero-order valence-corrected chi connectivity index (χ0v) is 18.8. The summed E-state index contributed by atoms with van der Waals surface area (Å²) in [5.41, 5.74) is 5.73. The van der Waals surface area contributed by atoms with Crippen LogP contribution in [0.2, 0.25) is 0 Å². The molecule has 1 fully saturated rings. The summed E-state index contributed by atoms with van der Waals surface area (Å²) in [5, 5.41) is 9.66. The van der Waals surface area contributed by atoms with E-state index < -0.39 is 0 Å². The van der Waals surface area contributed by atoms with Crippen molar-refractivity contribution < 1.29 is 4.79 Å². The predicted molar refractivity (Wildman–Crippen MR) is 123 cm³/mol. The van der Waals surface area contributed by atoms with Crippen LogP contribution in [0.4, 0.5) is 0 Å². The van der Waals surface area contributed by atoms with E-state index in [1.165, 1.54) is 10.3 Å². The molecule has 1 saturated heterocycles. The molecule has 0 atom stereocenters. The van der Waals surface area contributed by atoms with Gasteiger partial charge in [0.2, 0.25) is 0 Å². The SMILES string of the molecule is Cc1ccc(-n2ccc(C)n2)c(C(=O)N2CCCN2Cc2ccc3nc(C)sc3c2)c1. The topological polar surface area (TPSA) is 54.3 Å². The molecule has 1 aliphatic rings. The lowest BCUT2D eigenvalue weighted by molar-refractivity contribution is 0.0170. The maximum Gasteiger partial charge on any atom is 0.270 e. The number of hydrogen-bond donors (Lipinski definition) is 0. The number of hydrogen-bond acceptors (Lipinski definition) is 5. The molecule has 5 rings (SSSR count). The van der Waals surface area contributed by atoms with Crippen molar-refractivity contribution in [1.82, 2.24) is 24.8 Å². The van der Waals surface area contributed by atoms with Gasteiger partial charge in [0.05, 0.1) is 32.2 Å². The Morgan fingerprint density at radius 3 is 2.74 bits per heavy atom. The van der Waals surface area contributed by atoms with Gasteiger partial charge in [-0.2, -0.15) is 5.10 Å². The largest absolute Gasteiger partial charge is 0.271 e. The number of nitrogens with zero attached hydrogens (tertiary/aromatic N) is 5. The molecule has 3 heterocycles. The number of rotatable bonds is 4. The normalized spacial score (nSPS) is 14.6. The molecule has 158 valence electrons. The van der Waals surface area contributed by atoms with Crippen molar-refractivity contribution in [2.24, 2.45) is 0 Å². The third-order valence-corrected chi connectivity index (χ3v) is 6.57. The number of aromatic nitrogens is 3. The van der Waals surface area contributed by atoms with Crippen LogP contribution >= 0.6 is 11.3 Å². The highest BCUT2D eigenvalue weighted by Crippen LogP contribution is 2.26. The fraction of sp³-hybridized carbons (Fsp3) is 0.292. The number of amides is 1. The van der Waals surface area contributed by atoms with Crippen molar-refractivity contribution in [3.8, 4) is 5.69 Å². The summed E-state index contributed by atoms with van der Waals surface area (Å²) in [6.07, 6.45) is 2.88. The first-order chi connectivity index (χ1) is 15.0. The van der Waals surface area contributed by atoms with Gasteiger partial charge in [-0.25, -0.2) is 14.7 Å². The number of benzene rings is 2. The van der Waals surface area contributed by atoms with Crippen LogP contribution in [0.3, 0.4) is 0 Å². The molecule has 0 spiro atoms. The first-order valence-corrected chi connectivity index (χ1v) is 11.4. The summed E-state index contributed by atoms with van der Waals surface area (Å²) in [6.45, 7) is 8.31. The van der Waals surface area contributed by atoms with E-state index in [1.54, 1.807) is 16.0 Å². The standard InChI is InChI=1S/C24H25N5OS/c1-16-5-8-22(28-12-9-17(2)26-28)20(13-16)24(30)29-11-4-10-27(29)15-19-6-7-21-23(14-19)31-18(3)25-21/h5-9,12-14H,4,10-11,15H2,1-3H3. The maximum atomic E-state index is 13.7. The number of carbonyl (C=O) groups is 1. The van der Waals surface area contributed by atoms with Crippen molar-refractivity contribution in [2.45, 2.75) is 33.7 Å². The molecular weight excluding hydrogens is 406 g/mol. The van der Waals surface area contributed by atoms with Gasteiger partial charge in [-0.15, -0.1) is 11.3 Å². The molecule has 31 heavy (non-hydrogen) atoms. The van der Waals surface area contributed by atoms with Gasteiger partial charge < -0.3 is 0 Å². The molecule has 1 aliphatic heterocycles. The van der Waals surface area contributed by atoms with Gasteiger partial charge >= 0.3 is 0 Å². The average Bonchev–Trinajstić information content (AvgIpc) is 3.46. The summed E-state index contributed by atoms with van der Waals surface area (Å²) < 4.78 is 2.99. The van der Waals surface area contributed by atoms with E-state index in [-0.39, 0.29) is 5.91 Å². The first kappa shape index (κ1) is 19.9. The summed E-state index contributed by atoms with van der Waals surface area (Å²) in [6, 6.07) is 14.3. The highest BCUT2D eigenvalue weighted by Gasteiger charge is 2.29. The minimum absolute atomic E-state index is 0.0269. The van der Waals surface area contributed by atoms with E-state index in [4.69, 9.17) is 0 Å². The van der Waals surface area contributed by atoms with Gasteiger partial charge in [0.25, 0.3) is 5.91 Å². The maximum absolute atomic E-state index is 13.7. The van der Waals surface area contributed by atoms with Crippen LogP contribution in [0.25, 0.3) is 15.9 Å². The summed E-state index contributed by atoms with van der Waals surface area (Å²) in [7, 11) is 0. The molecule has 6 nitrogen and oxygen atoms in total. The Morgan fingerprint density at radius 1 is 1.06 bits per heavy atom. The lowest BCUT2D eigenvalue weighted by atomic mass is 10.1. The van der Waals surface area contributed by atoms with Gasteiger partial charge in [0, 0.05) is 25.8 Å². The fourth-order valence-corrected chi connectivity index (χ4v) is 5.05. The quantitative estimate of drug-likeness (QED) is 0.471. The van der Waals surface area contributed by atoms with Crippen molar-refractivity contribution in [1.29, 1.82) is 0 Å². The van der Waals surface area contributed by atoms with E-state index in [9.17, 15) is 4.79 Å². The molecule has 1 amide bonds. The number of thiazole rings is 1. The Kier molecular flexibility index (Phi) is 5.08. The van der Waals surface area contributed by atoms with Crippen molar-refractivity contribution in [2.75, 3.05) is 13.1 Å².